The molecule has 10 rings (SSSR count). The fraction of sp³-hybridized carbons (Fsp3) is 0.0667. The molecule has 0 fully saturated rings. The summed E-state index contributed by atoms with van der Waals surface area (Å²) in [6.45, 7) is 4.77. The first kappa shape index (κ1) is 26.0. The van der Waals surface area contributed by atoms with Crippen molar-refractivity contribution >= 4 is 63.8 Å². The highest BCUT2D eigenvalue weighted by molar-refractivity contribution is 7.25. The topological polar surface area (TPSA) is 0 Å². The Morgan fingerprint density at radius 3 is 1.65 bits per heavy atom. The van der Waals surface area contributed by atoms with Crippen LogP contribution < -0.4 is 0 Å². The first-order chi connectivity index (χ1) is 22.6. The standard InChI is InChI=1S/C45H30S/c1-45(2)39-24-21-28(25-38(39)37-23-19-27-11-3-4-12-30(27)44(37)45)42-33-14-5-7-16-35(33)43(36-17-8-6-15-34(36)42)29-20-22-32-31-13-9-10-18-40(31)46-41(32)26-29/h3-26H,1-2H3. The van der Waals surface area contributed by atoms with Crippen LogP contribution in [0.4, 0.5) is 0 Å². The molecule has 1 heterocycles. The minimum Gasteiger partial charge on any atom is -0.135 e. The quantitative estimate of drug-likeness (QED) is 0.173. The first-order valence-corrected chi connectivity index (χ1v) is 16.9. The summed E-state index contributed by atoms with van der Waals surface area (Å²) in [5, 5.41) is 10.5. The second-order valence-corrected chi connectivity index (χ2v) is 14.3. The third kappa shape index (κ3) is 3.49. The Bertz CT molecular complexity index is 2660. The van der Waals surface area contributed by atoms with Crippen molar-refractivity contribution in [2.75, 3.05) is 0 Å². The molecule has 1 aliphatic carbocycles. The Labute approximate surface area is 272 Å². The van der Waals surface area contributed by atoms with Crippen molar-refractivity contribution < 1.29 is 0 Å². The van der Waals surface area contributed by atoms with Crippen LogP contribution in [0.25, 0.3) is 85.9 Å². The second-order valence-electron chi connectivity index (χ2n) is 13.2. The van der Waals surface area contributed by atoms with Crippen LogP contribution >= 0.6 is 11.3 Å². The molecule has 46 heavy (non-hydrogen) atoms. The molecule has 1 aliphatic rings. The van der Waals surface area contributed by atoms with Gasteiger partial charge in [0.1, 0.15) is 0 Å². The van der Waals surface area contributed by atoms with Gasteiger partial charge in [-0.15, -0.1) is 11.3 Å². The Balaban J connectivity index is 1.24. The number of benzene rings is 8. The zero-order valence-electron chi connectivity index (χ0n) is 25.8. The van der Waals surface area contributed by atoms with Crippen molar-refractivity contribution in [3.05, 3.63) is 157 Å². The van der Waals surface area contributed by atoms with E-state index in [1.807, 2.05) is 11.3 Å². The molecule has 0 bridgehead atoms. The van der Waals surface area contributed by atoms with E-state index in [1.54, 1.807) is 0 Å². The lowest BCUT2D eigenvalue weighted by molar-refractivity contribution is 0.666. The summed E-state index contributed by atoms with van der Waals surface area (Å²) >= 11 is 1.89. The van der Waals surface area contributed by atoms with Crippen molar-refractivity contribution in [3.63, 3.8) is 0 Å². The predicted octanol–water partition coefficient (Wildman–Crippen LogP) is 13.2. The van der Waals surface area contributed by atoms with Gasteiger partial charge in [-0.3, -0.25) is 0 Å². The van der Waals surface area contributed by atoms with Gasteiger partial charge in [-0.2, -0.15) is 0 Å². The zero-order valence-corrected chi connectivity index (χ0v) is 26.6. The van der Waals surface area contributed by atoms with Crippen LogP contribution in [0.1, 0.15) is 25.0 Å². The van der Waals surface area contributed by atoms with Gasteiger partial charge >= 0.3 is 0 Å². The zero-order chi connectivity index (χ0) is 30.6. The van der Waals surface area contributed by atoms with E-state index in [0.717, 1.165) is 0 Å². The van der Waals surface area contributed by atoms with Crippen LogP contribution in [-0.4, -0.2) is 0 Å². The molecule has 0 unspecified atom stereocenters. The Kier molecular flexibility index (Phi) is 5.31. The monoisotopic (exact) mass is 602 g/mol. The summed E-state index contributed by atoms with van der Waals surface area (Å²) in [4.78, 5) is 0. The Morgan fingerprint density at radius 1 is 0.413 bits per heavy atom. The van der Waals surface area contributed by atoms with Crippen molar-refractivity contribution in [1.82, 2.24) is 0 Å². The number of thiophene rings is 1. The van der Waals surface area contributed by atoms with E-state index in [-0.39, 0.29) is 5.41 Å². The van der Waals surface area contributed by atoms with E-state index >= 15 is 0 Å². The summed E-state index contributed by atoms with van der Waals surface area (Å²) in [7, 11) is 0. The average molecular weight is 603 g/mol. The molecule has 8 aromatic carbocycles. The largest absolute Gasteiger partial charge is 0.135 e. The summed E-state index contributed by atoms with van der Waals surface area (Å²) in [6.07, 6.45) is 0. The Morgan fingerprint density at radius 2 is 0.957 bits per heavy atom. The van der Waals surface area contributed by atoms with Crippen LogP contribution in [-0.2, 0) is 5.41 Å². The van der Waals surface area contributed by atoms with E-state index in [4.69, 9.17) is 0 Å². The van der Waals surface area contributed by atoms with Gasteiger partial charge in [0.15, 0.2) is 0 Å². The molecular weight excluding hydrogens is 573 g/mol. The van der Waals surface area contributed by atoms with Crippen LogP contribution in [0.3, 0.4) is 0 Å². The maximum atomic E-state index is 2.47. The highest BCUT2D eigenvalue weighted by Crippen LogP contribution is 2.53. The van der Waals surface area contributed by atoms with Gasteiger partial charge < -0.3 is 0 Å². The summed E-state index contributed by atoms with van der Waals surface area (Å²) in [6, 6.07) is 54.5. The molecule has 1 heteroatoms. The van der Waals surface area contributed by atoms with E-state index in [1.165, 1.54) is 97.0 Å². The van der Waals surface area contributed by atoms with Gasteiger partial charge in [0.2, 0.25) is 0 Å². The number of fused-ring (bicyclic) bond motifs is 10. The maximum Gasteiger partial charge on any atom is 0.0361 e. The predicted molar refractivity (Wildman–Crippen MR) is 200 cm³/mol. The minimum absolute atomic E-state index is 0.0662. The molecule has 0 aliphatic heterocycles. The molecule has 9 aromatic rings. The third-order valence-electron chi connectivity index (χ3n) is 10.4. The summed E-state index contributed by atoms with van der Waals surface area (Å²) < 4.78 is 2.68. The lowest BCUT2D eigenvalue weighted by atomic mass is 9.80. The first-order valence-electron chi connectivity index (χ1n) is 16.1. The van der Waals surface area contributed by atoms with E-state index in [9.17, 15) is 0 Å². The fourth-order valence-electron chi connectivity index (χ4n) is 8.40. The van der Waals surface area contributed by atoms with E-state index in [0.29, 0.717) is 0 Å². The normalized spacial score (nSPS) is 13.6. The molecule has 0 saturated carbocycles. The highest BCUT2D eigenvalue weighted by atomic mass is 32.1. The van der Waals surface area contributed by atoms with Gasteiger partial charge in [-0.1, -0.05) is 141 Å². The molecular formula is C45H30S. The van der Waals surface area contributed by atoms with E-state index in [2.05, 4.69) is 159 Å². The maximum absolute atomic E-state index is 2.47. The molecule has 0 atom stereocenters. The van der Waals surface area contributed by atoms with Crippen molar-refractivity contribution in [1.29, 1.82) is 0 Å². The number of rotatable bonds is 2. The molecule has 0 N–H and O–H groups in total. The third-order valence-corrected chi connectivity index (χ3v) is 11.6. The average Bonchev–Trinajstić information content (AvgIpc) is 3.58. The molecule has 1 aromatic heterocycles. The smallest absolute Gasteiger partial charge is 0.0361 e. The van der Waals surface area contributed by atoms with Crippen LogP contribution in [0, 0.1) is 0 Å². The molecule has 0 radical (unpaired) electrons. The summed E-state index contributed by atoms with van der Waals surface area (Å²) in [5.74, 6) is 0. The van der Waals surface area contributed by atoms with Crippen LogP contribution in [0.15, 0.2) is 146 Å². The minimum atomic E-state index is -0.0662. The van der Waals surface area contributed by atoms with Crippen molar-refractivity contribution in [2.24, 2.45) is 0 Å². The van der Waals surface area contributed by atoms with Gasteiger partial charge in [-0.05, 0) is 95.0 Å². The Hall–Kier alpha value is -5.24. The highest BCUT2D eigenvalue weighted by Gasteiger charge is 2.37. The fourth-order valence-corrected chi connectivity index (χ4v) is 9.55. The molecule has 0 nitrogen and oxygen atoms in total. The second kappa shape index (κ2) is 9.39. The van der Waals surface area contributed by atoms with Gasteiger partial charge in [-0.25, -0.2) is 0 Å². The van der Waals surface area contributed by atoms with Crippen molar-refractivity contribution in [3.8, 4) is 33.4 Å². The molecule has 0 amide bonds. The van der Waals surface area contributed by atoms with Crippen molar-refractivity contribution in [2.45, 2.75) is 19.3 Å². The van der Waals surface area contributed by atoms with Gasteiger partial charge in [0.25, 0.3) is 0 Å². The van der Waals surface area contributed by atoms with Gasteiger partial charge in [0, 0.05) is 25.6 Å². The lowest BCUT2D eigenvalue weighted by Crippen LogP contribution is -2.15. The van der Waals surface area contributed by atoms with Gasteiger partial charge in [0.05, 0.1) is 0 Å². The molecule has 216 valence electrons. The number of hydrogen-bond acceptors (Lipinski definition) is 1. The van der Waals surface area contributed by atoms with Crippen LogP contribution in [0.5, 0.6) is 0 Å². The molecule has 0 spiro atoms. The SMILES string of the molecule is CC1(C)c2ccc(-c3c4ccccc4c(-c4ccc5c(c4)sc4ccccc45)c4ccccc34)cc2-c2ccc3ccccc3c21. The lowest BCUT2D eigenvalue weighted by Gasteiger charge is -2.23. The van der Waals surface area contributed by atoms with E-state index < -0.39 is 0 Å². The summed E-state index contributed by atoms with van der Waals surface area (Å²) in [5.41, 5.74) is 10.7. The molecule has 0 saturated heterocycles. The van der Waals surface area contributed by atoms with Crippen LogP contribution in [0.2, 0.25) is 0 Å². The number of hydrogen-bond donors (Lipinski definition) is 0.